The standard InChI is InChI=1S/C15H29NO2/c1-15(2,3)13(16)10-14(17)18-11-12-8-6-4-5-7-9-12/h12-13H,4-11,16H2,1-3H3. The van der Waals surface area contributed by atoms with Crippen molar-refractivity contribution in [3.63, 3.8) is 0 Å². The van der Waals surface area contributed by atoms with E-state index in [2.05, 4.69) is 20.8 Å². The Morgan fingerprint density at radius 2 is 1.78 bits per heavy atom. The third-order valence-corrected chi connectivity index (χ3v) is 3.95. The number of esters is 1. The van der Waals surface area contributed by atoms with Crippen molar-refractivity contribution >= 4 is 5.97 Å². The molecular weight excluding hydrogens is 226 g/mol. The Morgan fingerprint density at radius 3 is 2.28 bits per heavy atom. The van der Waals surface area contributed by atoms with Crippen molar-refractivity contribution in [3.05, 3.63) is 0 Å². The van der Waals surface area contributed by atoms with Gasteiger partial charge in [-0.15, -0.1) is 0 Å². The number of carbonyl (C=O) groups excluding carboxylic acids is 1. The Kier molecular flexibility index (Phi) is 6.13. The van der Waals surface area contributed by atoms with Crippen molar-refractivity contribution in [2.24, 2.45) is 17.1 Å². The quantitative estimate of drug-likeness (QED) is 0.619. The molecule has 0 radical (unpaired) electrons. The van der Waals surface area contributed by atoms with Gasteiger partial charge in [-0.05, 0) is 24.2 Å². The first-order chi connectivity index (χ1) is 8.39. The molecular formula is C15H29NO2. The van der Waals surface area contributed by atoms with Crippen LogP contribution in [0.1, 0.15) is 65.7 Å². The Labute approximate surface area is 111 Å². The lowest BCUT2D eigenvalue weighted by Crippen LogP contribution is -2.37. The van der Waals surface area contributed by atoms with E-state index in [0.29, 0.717) is 18.9 Å². The summed E-state index contributed by atoms with van der Waals surface area (Å²) >= 11 is 0. The highest BCUT2D eigenvalue weighted by molar-refractivity contribution is 5.70. The molecule has 1 unspecified atom stereocenters. The van der Waals surface area contributed by atoms with Gasteiger partial charge in [0.15, 0.2) is 0 Å². The van der Waals surface area contributed by atoms with Gasteiger partial charge in [0.1, 0.15) is 0 Å². The Morgan fingerprint density at radius 1 is 1.22 bits per heavy atom. The van der Waals surface area contributed by atoms with Gasteiger partial charge in [0.2, 0.25) is 0 Å². The molecule has 1 fully saturated rings. The molecule has 0 aromatic carbocycles. The fourth-order valence-electron chi connectivity index (χ4n) is 2.29. The molecule has 0 aromatic heterocycles. The Hall–Kier alpha value is -0.570. The second kappa shape index (κ2) is 7.13. The lowest BCUT2D eigenvalue weighted by molar-refractivity contribution is -0.146. The van der Waals surface area contributed by atoms with E-state index in [9.17, 15) is 4.79 Å². The molecule has 0 amide bonds. The van der Waals surface area contributed by atoms with Crippen molar-refractivity contribution in [1.29, 1.82) is 0 Å². The van der Waals surface area contributed by atoms with Gasteiger partial charge in [-0.3, -0.25) is 4.79 Å². The van der Waals surface area contributed by atoms with Gasteiger partial charge in [0, 0.05) is 6.04 Å². The third kappa shape index (κ3) is 5.85. The maximum Gasteiger partial charge on any atom is 0.307 e. The van der Waals surface area contributed by atoms with Gasteiger partial charge >= 0.3 is 5.97 Å². The van der Waals surface area contributed by atoms with Crippen LogP contribution in [0, 0.1) is 11.3 Å². The average molecular weight is 255 g/mol. The number of ether oxygens (including phenoxy) is 1. The van der Waals surface area contributed by atoms with Crippen molar-refractivity contribution < 1.29 is 9.53 Å². The summed E-state index contributed by atoms with van der Waals surface area (Å²) in [6.07, 6.45) is 7.97. The molecule has 0 saturated heterocycles. The van der Waals surface area contributed by atoms with Gasteiger partial charge < -0.3 is 10.5 Å². The first-order valence-electron chi connectivity index (χ1n) is 7.31. The van der Waals surface area contributed by atoms with Crippen LogP contribution in [0.5, 0.6) is 0 Å². The molecule has 2 N–H and O–H groups in total. The molecule has 18 heavy (non-hydrogen) atoms. The summed E-state index contributed by atoms with van der Waals surface area (Å²) in [5, 5.41) is 0. The lowest BCUT2D eigenvalue weighted by atomic mass is 9.85. The van der Waals surface area contributed by atoms with Crippen molar-refractivity contribution in [1.82, 2.24) is 0 Å². The minimum Gasteiger partial charge on any atom is -0.465 e. The van der Waals surface area contributed by atoms with Crippen LogP contribution in [0.2, 0.25) is 0 Å². The summed E-state index contributed by atoms with van der Waals surface area (Å²) in [7, 11) is 0. The van der Waals surface area contributed by atoms with E-state index in [4.69, 9.17) is 10.5 Å². The van der Waals surface area contributed by atoms with Gasteiger partial charge in [-0.25, -0.2) is 0 Å². The number of hydrogen-bond donors (Lipinski definition) is 1. The van der Waals surface area contributed by atoms with E-state index >= 15 is 0 Å². The third-order valence-electron chi connectivity index (χ3n) is 3.95. The molecule has 106 valence electrons. The minimum atomic E-state index is -0.137. The average Bonchev–Trinajstić information content (AvgIpc) is 2.53. The van der Waals surface area contributed by atoms with Crippen LogP contribution in [-0.2, 0) is 9.53 Å². The van der Waals surface area contributed by atoms with Crippen LogP contribution in [0.25, 0.3) is 0 Å². The molecule has 1 aliphatic rings. The van der Waals surface area contributed by atoms with E-state index in [1.54, 1.807) is 0 Å². The van der Waals surface area contributed by atoms with Crippen LogP contribution < -0.4 is 5.73 Å². The fourth-order valence-corrected chi connectivity index (χ4v) is 2.29. The SMILES string of the molecule is CC(C)(C)C(N)CC(=O)OCC1CCCCCC1. The normalized spacial score (nSPS) is 20.2. The maximum atomic E-state index is 11.7. The fraction of sp³-hybridized carbons (Fsp3) is 0.933. The Bertz CT molecular complexity index is 250. The Balaban J connectivity index is 2.23. The van der Waals surface area contributed by atoms with Gasteiger partial charge in [-0.1, -0.05) is 46.5 Å². The van der Waals surface area contributed by atoms with Gasteiger partial charge in [0.05, 0.1) is 13.0 Å². The summed E-state index contributed by atoms with van der Waals surface area (Å²) in [4.78, 5) is 11.7. The number of rotatable bonds is 4. The predicted octanol–water partition coefficient (Wildman–Crippen LogP) is 3.26. The molecule has 1 atom stereocenters. The molecule has 1 aliphatic carbocycles. The van der Waals surface area contributed by atoms with E-state index in [1.165, 1.54) is 38.5 Å². The molecule has 1 rings (SSSR count). The van der Waals surface area contributed by atoms with Crippen LogP contribution in [0.4, 0.5) is 0 Å². The smallest absolute Gasteiger partial charge is 0.307 e. The molecule has 0 spiro atoms. The molecule has 0 heterocycles. The summed E-state index contributed by atoms with van der Waals surface area (Å²) in [5.41, 5.74) is 5.94. The monoisotopic (exact) mass is 255 g/mol. The summed E-state index contributed by atoms with van der Waals surface area (Å²) in [5.74, 6) is 0.434. The van der Waals surface area contributed by atoms with E-state index in [0.717, 1.165) is 0 Å². The highest BCUT2D eigenvalue weighted by Crippen LogP contribution is 2.24. The molecule has 0 aliphatic heterocycles. The first kappa shape index (κ1) is 15.5. The van der Waals surface area contributed by atoms with Crippen molar-refractivity contribution in [2.45, 2.75) is 71.8 Å². The van der Waals surface area contributed by atoms with Crippen molar-refractivity contribution in [3.8, 4) is 0 Å². The number of carbonyl (C=O) groups is 1. The van der Waals surface area contributed by atoms with E-state index in [-0.39, 0.29) is 17.4 Å². The topological polar surface area (TPSA) is 52.3 Å². The number of hydrogen-bond acceptors (Lipinski definition) is 3. The summed E-state index contributed by atoms with van der Waals surface area (Å²) in [6.45, 7) is 6.75. The molecule has 0 bridgehead atoms. The molecule has 3 nitrogen and oxygen atoms in total. The zero-order chi connectivity index (χ0) is 13.6. The largest absolute Gasteiger partial charge is 0.465 e. The van der Waals surface area contributed by atoms with E-state index in [1.807, 2.05) is 0 Å². The van der Waals surface area contributed by atoms with Crippen LogP contribution in [0.3, 0.4) is 0 Å². The molecule has 1 saturated carbocycles. The molecule has 3 heteroatoms. The lowest BCUT2D eigenvalue weighted by Gasteiger charge is -2.26. The maximum absolute atomic E-state index is 11.7. The van der Waals surface area contributed by atoms with Crippen LogP contribution in [0.15, 0.2) is 0 Å². The predicted molar refractivity (Wildman–Crippen MR) is 74.2 cm³/mol. The van der Waals surface area contributed by atoms with Crippen LogP contribution >= 0.6 is 0 Å². The van der Waals surface area contributed by atoms with Crippen molar-refractivity contribution in [2.75, 3.05) is 6.61 Å². The zero-order valence-electron chi connectivity index (χ0n) is 12.2. The highest BCUT2D eigenvalue weighted by Gasteiger charge is 2.24. The second-order valence-corrected chi connectivity index (χ2v) is 6.72. The summed E-state index contributed by atoms with van der Waals surface area (Å²) < 4.78 is 5.38. The van der Waals surface area contributed by atoms with E-state index < -0.39 is 0 Å². The minimum absolute atomic E-state index is 0.0403. The van der Waals surface area contributed by atoms with Gasteiger partial charge in [0.25, 0.3) is 0 Å². The highest BCUT2D eigenvalue weighted by atomic mass is 16.5. The second-order valence-electron chi connectivity index (χ2n) is 6.72. The van der Waals surface area contributed by atoms with Gasteiger partial charge in [-0.2, -0.15) is 0 Å². The molecule has 0 aromatic rings. The zero-order valence-corrected chi connectivity index (χ0v) is 12.2. The summed E-state index contributed by atoms with van der Waals surface area (Å²) in [6, 6.07) is -0.126. The number of nitrogens with two attached hydrogens (primary N) is 1. The van der Waals surface area contributed by atoms with Crippen LogP contribution in [-0.4, -0.2) is 18.6 Å². The first-order valence-corrected chi connectivity index (χ1v) is 7.31.